The molecule has 2 unspecified atom stereocenters. The van der Waals surface area contributed by atoms with E-state index in [-0.39, 0.29) is 24.4 Å². The molecule has 0 saturated heterocycles. The highest BCUT2D eigenvalue weighted by Gasteiger charge is 2.24. The molecule has 2 rings (SSSR count). The van der Waals surface area contributed by atoms with Crippen molar-refractivity contribution in [2.45, 2.75) is 32.4 Å². The molecule has 1 heterocycles. The van der Waals surface area contributed by atoms with Crippen LogP contribution < -0.4 is 5.73 Å². The summed E-state index contributed by atoms with van der Waals surface area (Å²) in [4.78, 5) is 14.2. The van der Waals surface area contributed by atoms with Crippen LogP contribution >= 0.6 is 11.6 Å². The summed E-state index contributed by atoms with van der Waals surface area (Å²) >= 11 is 5.92. The maximum atomic E-state index is 12.5. The van der Waals surface area contributed by atoms with Crippen LogP contribution in [0.1, 0.15) is 41.4 Å². The molecular formula is C17H21ClN2O2. The lowest BCUT2D eigenvalue weighted by atomic mass is 9.93. The van der Waals surface area contributed by atoms with Crippen LogP contribution in [0.25, 0.3) is 0 Å². The third kappa shape index (κ3) is 3.51. The van der Waals surface area contributed by atoms with Crippen molar-refractivity contribution < 1.29 is 9.21 Å². The summed E-state index contributed by atoms with van der Waals surface area (Å²) in [7, 11) is 1.80. The molecule has 2 atom stereocenters. The van der Waals surface area contributed by atoms with Gasteiger partial charge in [0.2, 0.25) is 0 Å². The number of hydrogen-bond acceptors (Lipinski definition) is 3. The molecule has 0 spiro atoms. The molecule has 1 amide bonds. The fourth-order valence-corrected chi connectivity index (χ4v) is 2.49. The lowest BCUT2D eigenvalue weighted by Crippen LogP contribution is -2.38. The predicted molar refractivity (Wildman–Crippen MR) is 88.0 cm³/mol. The van der Waals surface area contributed by atoms with Crippen molar-refractivity contribution in [3.8, 4) is 0 Å². The Labute approximate surface area is 135 Å². The van der Waals surface area contributed by atoms with Gasteiger partial charge in [0.25, 0.3) is 5.91 Å². The third-order valence-corrected chi connectivity index (χ3v) is 4.40. The molecular weight excluding hydrogens is 300 g/mol. The SMILES string of the molecule is CC(c1ccc(Cl)cc1)C(C)N(C)C(=O)c1coc(CN)c1. The largest absolute Gasteiger partial charge is 0.467 e. The predicted octanol–water partition coefficient (Wildman–Crippen LogP) is 3.66. The monoisotopic (exact) mass is 320 g/mol. The van der Waals surface area contributed by atoms with E-state index in [0.717, 1.165) is 5.56 Å². The maximum Gasteiger partial charge on any atom is 0.257 e. The third-order valence-electron chi connectivity index (χ3n) is 4.15. The van der Waals surface area contributed by atoms with Crippen LogP contribution in [-0.4, -0.2) is 23.9 Å². The van der Waals surface area contributed by atoms with E-state index < -0.39 is 0 Å². The lowest BCUT2D eigenvalue weighted by molar-refractivity contribution is 0.0726. The first-order valence-corrected chi connectivity index (χ1v) is 7.62. The molecule has 4 nitrogen and oxygen atoms in total. The van der Waals surface area contributed by atoms with E-state index in [1.54, 1.807) is 18.0 Å². The standard InChI is InChI=1S/C17H21ClN2O2/c1-11(13-4-6-15(18)7-5-13)12(2)20(3)17(21)14-8-16(9-19)22-10-14/h4-8,10-12H,9,19H2,1-3H3. The summed E-state index contributed by atoms with van der Waals surface area (Å²) in [6, 6.07) is 9.44. The van der Waals surface area contributed by atoms with Gasteiger partial charge in [0.05, 0.1) is 12.1 Å². The molecule has 0 aliphatic heterocycles. The molecule has 0 fully saturated rings. The van der Waals surface area contributed by atoms with Crippen molar-refractivity contribution in [3.05, 3.63) is 58.5 Å². The zero-order valence-electron chi connectivity index (χ0n) is 13.0. The van der Waals surface area contributed by atoms with Gasteiger partial charge in [-0.3, -0.25) is 4.79 Å². The summed E-state index contributed by atoms with van der Waals surface area (Å²) in [6.07, 6.45) is 1.46. The summed E-state index contributed by atoms with van der Waals surface area (Å²) in [5.41, 5.74) is 7.18. The molecule has 0 aliphatic carbocycles. The van der Waals surface area contributed by atoms with Crippen molar-refractivity contribution in [1.82, 2.24) is 4.90 Å². The zero-order chi connectivity index (χ0) is 16.3. The van der Waals surface area contributed by atoms with E-state index in [1.165, 1.54) is 6.26 Å². The molecule has 0 aliphatic rings. The first-order valence-electron chi connectivity index (χ1n) is 7.24. The van der Waals surface area contributed by atoms with Crippen LogP contribution in [0, 0.1) is 0 Å². The van der Waals surface area contributed by atoms with Crippen LogP contribution in [0.5, 0.6) is 0 Å². The molecule has 118 valence electrons. The number of amides is 1. The highest BCUT2D eigenvalue weighted by Crippen LogP contribution is 2.25. The fourth-order valence-electron chi connectivity index (χ4n) is 2.37. The molecule has 0 radical (unpaired) electrons. The Kier molecular flexibility index (Phi) is 5.27. The Morgan fingerprint density at radius 1 is 1.32 bits per heavy atom. The topological polar surface area (TPSA) is 59.5 Å². The quantitative estimate of drug-likeness (QED) is 0.914. The van der Waals surface area contributed by atoms with Crippen molar-refractivity contribution in [2.75, 3.05) is 7.05 Å². The number of nitrogens with two attached hydrogens (primary N) is 1. The minimum absolute atomic E-state index is 0.0323. The number of hydrogen-bond donors (Lipinski definition) is 1. The van der Waals surface area contributed by atoms with E-state index in [2.05, 4.69) is 6.92 Å². The van der Waals surface area contributed by atoms with Crippen LogP contribution in [0.2, 0.25) is 5.02 Å². The van der Waals surface area contributed by atoms with E-state index >= 15 is 0 Å². The average molecular weight is 321 g/mol. The Balaban J connectivity index is 2.11. The second-order valence-corrected chi connectivity index (χ2v) is 5.94. The van der Waals surface area contributed by atoms with Gasteiger partial charge >= 0.3 is 0 Å². The zero-order valence-corrected chi connectivity index (χ0v) is 13.8. The highest BCUT2D eigenvalue weighted by atomic mass is 35.5. The summed E-state index contributed by atoms with van der Waals surface area (Å²) in [6.45, 7) is 4.41. The highest BCUT2D eigenvalue weighted by molar-refractivity contribution is 6.30. The molecule has 2 aromatic rings. The van der Waals surface area contributed by atoms with Crippen LogP contribution in [-0.2, 0) is 6.54 Å². The van der Waals surface area contributed by atoms with Crippen molar-refractivity contribution in [3.63, 3.8) is 0 Å². The van der Waals surface area contributed by atoms with Gasteiger partial charge in [0.15, 0.2) is 0 Å². The second kappa shape index (κ2) is 6.99. The minimum Gasteiger partial charge on any atom is -0.467 e. The Bertz CT molecular complexity index is 636. The smallest absolute Gasteiger partial charge is 0.257 e. The normalized spacial score (nSPS) is 13.7. The molecule has 0 bridgehead atoms. The van der Waals surface area contributed by atoms with E-state index in [4.69, 9.17) is 21.8 Å². The number of nitrogens with zero attached hydrogens (tertiary/aromatic N) is 1. The van der Waals surface area contributed by atoms with Gasteiger partial charge in [0.1, 0.15) is 12.0 Å². The van der Waals surface area contributed by atoms with Gasteiger partial charge in [0, 0.05) is 24.0 Å². The van der Waals surface area contributed by atoms with Gasteiger partial charge in [-0.15, -0.1) is 0 Å². The minimum atomic E-state index is -0.0724. The van der Waals surface area contributed by atoms with E-state index in [0.29, 0.717) is 16.3 Å². The van der Waals surface area contributed by atoms with Gasteiger partial charge < -0.3 is 15.1 Å². The van der Waals surface area contributed by atoms with Gasteiger partial charge in [-0.2, -0.15) is 0 Å². The Morgan fingerprint density at radius 2 is 1.95 bits per heavy atom. The summed E-state index contributed by atoms with van der Waals surface area (Å²) < 4.78 is 5.24. The van der Waals surface area contributed by atoms with Gasteiger partial charge in [-0.25, -0.2) is 0 Å². The molecule has 5 heteroatoms. The fraction of sp³-hybridized carbons (Fsp3) is 0.353. The van der Waals surface area contributed by atoms with Crippen molar-refractivity contribution in [1.29, 1.82) is 0 Å². The van der Waals surface area contributed by atoms with Crippen LogP contribution in [0.15, 0.2) is 41.0 Å². The molecule has 22 heavy (non-hydrogen) atoms. The number of benzene rings is 1. The Morgan fingerprint density at radius 3 is 2.50 bits per heavy atom. The number of halogens is 1. The van der Waals surface area contributed by atoms with Crippen LogP contribution in [0.3, 0.4) is 0 Å². The number of likely N-dealkylation sites (N-methyl/N-ethyl adjacent to an activating group) is 1. The van der Waals surface area contributed by atoms with E-state index in [9.17, 15) is 4.79 Å². The molecule has 1 aromatic carbocycles. The Hall–Kier alpha value is -1.78. The van der Waals surface area contributed by atoms with Gasteiger partial charge in [-0.1, -0.05) is 30.7 Å². The first kappa shape index (κ1) is 16.6. The van der Waals surface area contributed by atoms with Gasteiger partial charge in [-0.05, 0) is 30.7 Å². The van der Waals surface area contributed by atoms with Crippen molar-refractivity contribution in [2.24, 2.45) is 5.73 Å². The number of carbonyl (C=O) groups excluding carboxylic acids is 1. The van der Waals surface area contributed by atoms with Crippen molar-refractivity contribution >= 4 is 17.5 Å². The summed E-state index contributed by atoms with van der Waals surface area (Å²) in [5.74, 6) is 0.721. The lowest BCUT2D eigenvalue weighted by Gasteiger charge is -2.30. The second-order valence-electron chi connectivity index (χ2n) is 5.50. The maximum absolute atomic E-state index is 12.5. The number of carbonyl (C=O) groups is 1. The number of furan rings is 1. The molecule has 1 aromatic heterocycles. The number of rotatable bonds is 5. The van der Waals surface area contributed by atoms with Crippen LogP contribution in [0.4, 0.5) is 0 Å². The summed E-state index contributed by atoms with van der Waals surface area (Å²) in [5, 5.41) is 0.709. The average Bonchev–Trinajstić information content (AvgIpc) is 3.01. The molecule has 0 saturated carbocycles. The first-order chi connectivity index (χ1) is 10.4. The van der Waals surface area contributed by atoms with E-state index in [1.807, 2.05) is 31.2 Å². The molecule has 2 N–H and O–H groups in total.